The van der Waals surface area contributed by atoms with E-state index in [2.05, 4.69) is 31.1 Å². The third kappa shape index (κ3) is 6.02. The van der Waals surface area contributed by atoms with E-state index < -0.39 is 0 Å². The van der Waals surface area contributed by atoms with Gasteiger partial charge in [-0.15, -0.1) is 0 Å². The molecule has 0 bridgehead atoms. The van der Waals surface area contributed by atoms with Crippen molar-refractivity contribution in [2.45, 2.75) is 39.7 Å². The molecule has 0 saturated carbocycles. The van der Waals surface area contributed by atoms with Gasteiger partial charge in [0.2, 0.25) is 5.91 Å². The average molecular weight is 235 g/mol. The van der Waals surface area contributed by atoms with Crippen LogP contribution >= 0.6 is 0 Å². The van der Waals surface area contributed by atoms with Crippen LogP contribution in [0.5, 0.6) is 0 Å². The van der Waals surface area contributed by atoms with Gasteiger partial charge < -0.3 is 11.1 Å². The van der Waals surface area contributed by atoms with Gasteiger partial charge in [-0.05, 0) is 24.0 Å². The zero-order chi connectivity index (χ0) is 12.9. The fourth-order valence-electron chi connectivity index (χ4n) is 1.73. The summed E-state index contributed by atoms with van der Waals surface area (Å²) in [4.78, 5) is 15.7. The Morgan fingerprint density at radius 1 is 1.47 bits per heavy atom. The molecule has 0 spiro atoms. The molecule has 0 aromatic carbocycles. The first kappa shape index (κ1) is 13.6. The van der Waals surface area contributed by atoms with Crippen LogP contribution in [-0.2, 0) is 4.79 Å². The van der Waals surface area contributed by atoms with Gasteiger partial charge in [-0.2, -0.15) is 0 Å². The lowest BCUT2D eigenvalue weighted by molar-refractivity contribution is -0.116. The Kier molecular flexibility index (Phi) is 4.63. The number of carbonyl (C=O) groups is 1. The maximum atomic E-state index is 11.7. The maximum Gasteiger partial charge on any atom is 0.227 e. The Bertz CT molecular complexity index is 357. The number of nitrogens with zero attached hydrogens (tertiary/aromatic N) is 1. The van der Waals surface area contributed by atoms with Crippen LogP contribution in [0.4, 0.5) is 5.82 Å². The predicted molar refractivity (Wildman–Crippen MR) is 69.5 cm³/mol. The van der Waals surface area contributed by atoms with E-state index in [0.717, 1.165) is 6.42 Å². The van der Waals surface area contributed by atoms with E-state index in [-0.39, 0.29) is 17.4 Å². The number of nitrogens with one attached hydrogen (secondary N) is 1. The SMILES string of the molecule is CC(C)(C)CC(N)CC(=O)Nc1ccccn1. The Balaban J connectivity index is 2.40. The van der Waals surface area contributed by atoms with Crippen LogP contribution in [-0.4, -0.2) is 16.9 Å². The second-order valence-electron chi connectivity index (χ2n) is 5.49. The normalized spacial score (nSPS) is 13.2. The third-order valence-corrected chi connectivity index (χ3v) is 2.25. The van der Waals surface area contributed by atoms with Gasteiger partial charge in [0.25, 0.3) is 0 Å². The van der Waals surface area contributed by atoms with E-state index in [4.69, 9.17) is 5.73 Å². The molecule has 1 aromatic heterocycles. The molecule has 1 aromatic rings. The highest BCUT2D eigenvalue weighted by Gasteiger charge is 2.18. The average Bonchev–Trinajstić information content (AvgIpc) is 2.15. The summed E-state index contributed by atoms with van der Waals surface area (Å²) >= 11 is 0. The van der Waals surface area contributed by atoms with Crippen molar-refractivity contribution in [3.63, 3.8) is 0 Å². The molecule has 0 saturated heterocycles. The van der Waals surface area contributed by atoms with Gasteiger partial charge in [0.1, 0.15) is 5.82 Å². The molecule has 17 heavy (non-hydrogen) atoms. The molecule has 3 N–H and O–H groups in total. The molecule has 1 amide bonds. The standard InChI is InChI=1S/C13H21N3O/c1-13(2,3)9-10(14)8-12(17)16-11-6-4-5-7-15-11/h4-7,10H,8-9,14H2,1-3H3,(H,15,16,17). The minimum absolute atomic E-state index is 0.0829. The molecule has 0 fully saturated rings. The van der Waals surface area contributed by atoms with Crippen molar-refractivity contribution >= 4 is 11.7 Å². The summed E-state index contributed by atoms with van der Waals surface area (Å²) in [6.45, 7) is 6.34. The smallest absolute Gasteiger partial charge is 0.227 e. The van der Waals surface area contributed by atoms with Gasteiger partial charge in [-0.1, -0.05) is 26.8 Å². The first-order valence-electron chi connectivity index (χ1n) is 5.83. The molecule has 0 radical (unpaired) electrons. The molecule has 4 nitrogen and oxygen atoms in total. The first-order valence-corrected chi connectivity index (χ1v) is 5.83. The van der Waals surface area contributed by atoms with Crippen molar-refractivity contribution in [1.82, 2.24) is 4.98 Å². The zero-order valence-corrected chi connectivity index (χ0v) is 10.7. The van der Waals surface area contributed by atoms with Crippen molar-refractivity contribution in [2.24, 2.45) is 11.1 Å². The van der Waals surface area contributed by atoms with Gasteiger partial charge >= 0.3 is 0 Å². The largest absolute Gasteiger partial charge is 0.327 e. The summed E-state index contributed by atoms with van der Waals surface area (Å²) in [6.07, 6.45) is 2.79. The molecule has 94 valence electrons. The number of pyridine rings is 1. The molecular formula is C13H21N3O. The Labute approximate surface area is 103 Å². The summed E-state index contributed by atoms with van der Waals surface area (Å²) in [5.41, 5.74) is 6.08. The highest BCUT2D eigenvalue weighted by atomic mass is 16.1. The van der Waals surface area contributed by atoms with Gasteiger partial charge in [0, 0.05) is 18.7 Å². The number of carbonyl (C=O) groups excluding carboxylic acids is 1. The number of rotatable bonds is 4. The van der Waals surface area contributed by atoms with E-state index in [1.165, 1.54) is 0 Å². The molecule has 4 heteroatoms. The van der Waals surface area contributed by atoms with Crippen molar-refractivity contribution in [2.75, 3.05) is 5.32 Å². The van der Waals surface area contributed by atoms with E-state index >= 15 is 0 Å². The van der Waals surface area contributed by atoms with E-state index in [0.29, 0.717) is 12.2 Å². The van der Waals surface area contributed by atoms with Crippen molar-refractivity contribution in [3.05, 3.63) is 24.4 Å². The Hall–Kier alpha value is -1.42. The van der Waals surface area contributed by atoms with Gasteiger partial charge in [-0.25, -0.2) is 4.98 Å². The fraction of sp³-hybridized carbons (Fsp3) is 0.538. The van der Waals surface area contributed by atoms with Crippen LogP contribution < -0.4 is 11.1 Å². The fourth-order valence-corrected chi connectivity index (χ4v) is 1.73. The summed E-state index contributed by atoms with van der Waals surface area (Å²) in [5, 5.41) is 2.73. The predicted octanol–water partition coefficient (Wildman–Crippen LogP) is 2.17. The van der Waals surface area contributed by atoms with E-state index in [9.17, 15) is 4.79 Å². The van der Waals surface area contributed by atoms with Crippen LogP contribution in [0.2, 0.25) is 0 Å². The van der Waals surface area contributed by atoms with Crippen molar-refractivity contribution in [1.29, 1.82) is 0 Å². The van der Waals surface area contributed by atoms with Crippen LogP contribution in [0, 0.1) is 5.41 Å². The highest BCUT2D eigenvalue weighted by molar-refractivity contribution is 5.90. The second-order valence-corrected chi connectivity index (χ2v) is 5.49. The minimum atomic E-state index is -0.112. The van der Waals surface area contributed by atoms with Crippen molar-refractivity contribution < 1.29 is 4.79 Å². The summed E-state index contributed by atoms with van der Waals surface area (Å²) in [6, 6.07) is 5.28. The van der Waals surface area contributed by atoms with Gasteiger partial charge in [-0.3, -0.25) is 4.79 Å². The number of amides is 1. The van der Waals surface area contributed by atoms with E-state index in [1.807, 2.05) is 6.07 Å². The lowest BCUT2D eigenvalue weighted by Crippen LogP contribution is -2.31. The van der Waals surface area contributed by atoms with Gasteiger partial charge in [0.05, 0.1) is 0 Å². The van der Waals surface area contributed by atoms with Crippen LogP contribution in [0.15, 0.2) is 24.4 Å². The molecule has 0 aliphatic heterocycles. The summed E-state index contributed by atoms with van der Waals surface area (Å²) < 4.78 is 0. The lowest BCUT2D eigenvalue weighted by atomic mass is 9.87. The number of anilines is 1. The second kappa shape index (κ2) is 5.77. The summed E-state index contributed by atoms with van der Waals surface area (Å²) in [7, 11) is 0. The molecule has 1 atom stereocenters. The number of hydrogen-bond acceptors (Lipinski definition) is 3. The number of nitrogens with two attached hydrogens (primary N) is 1. The monoisotopic (exact) mass is 235 g/mol. The maximum absolute atomic E-state index is 11.7. The van der Waals surface area contributed by atoms with Crippen LogP contribution in [0.25, 0.3) is 0 Å². The molecule has 0 aliphatic carbocycles. The molecule has 1 unspecified atom stereocenters. The van der Waals surface area contributed by atoms with E-state index in [1.54, 1.807) is 18.3 Å². The first-order chi connectivity index (χ1) is 7.87. The third-order valence-electron chi connectivity index (χ3n) is 2.25. The Morgan fingerprint density at radius 2 is 2.18 bits per heavy atom. The zero-order valence-electron chi connectivity index (χ0n) is 10.7. The topological polar surface area (TPSA) is 68.0 Å². The molecular weight excluding hydrogens is 214 g/mol. The van der Waals surface area contributed by atoms with Crippen molar-refractivity contribution in [3.8, 4) is 0 Å². The highest BCUT2D eigenvalue weighted by Crippen LogP contribution is 2.21. The van der Waals surface area contributed by atoms with Gasteiger partial charge in [0.15, 0.2) is 0 Å². The van der Waals surface area contributed by atoms with Crippen LogP contribution in [0.3, 0.4) is 0 Å². The lowest BCUT2D eigenvalue weighted by Gasteiger charge is -2.22. The molecule has 1 heterocycles. The number of hydrogen-bond donors (Lipinski definition) is 2. The summed E-state index contributed by atoms with van der Waals surface area (Å²) in [5.74, 6) is 0.487. The molecule has 0 aliphatic rings. The Morgan fingerprint density at radius 3 is 2.71 bits per heavy atom. The quantitative estimate of drug-likeness (QED) is 0.840. The van der Waals surface area contributed by atoms with Crippen LogP contribution in [0.1, 0.15) is 33.6 Å². The number of aromatic nitrogens is 1. The molecule has 1 rings (SSSR count). The minimum Gasteiger partial charge on any atom is -0.327 e.